The number of nitrogens with zero attached hydrogens (tertiary/aromatic N) is 1. The number of hydrogen-bond acceptors (Lipinski definition) is 4. The summed E-state index contributed by atoms with van der Waals surface area (Å²) >= 11 is 5.67. The van der Waals surface area contributed by atoms with Gasteiger partial charge in [0.2, 0.25) is 0 Å². The summed E-state index contributed by atoms with van der Waals surface area (Å²) < 4.78 is 29.6. The number of aryl methyl sites for hydroxylation is 2. The Bertz CT molecular complexity index is 743. The zero-order valence-electron chi connectivity index (χ0n) is 14.8. The van der Waals surface area contributed by atoms with E-state index in [1.165, 1.54) is 0 Å². The van der Waals surface area contributed by atoms with Crippen LogP contribution in [0.1, 0.15) is 30.4 Å². The van der Waals surface area contributed by atoms with Gasteiger partial charge in [0.05, 0.1) is 17.6 Å². The molecule has 0 aliphatic carbocycles. The summed E-state index contributed by atoms with van der Waals surface area (Å²) in [5.41, 5.74) is 3.25. The monoisotopic (exact) mass is 382 g/mol. The second kappa shape index (κ2) is 7.60. The highest BCUT2D eigenvalue weighted by Gasteiger charge is 2.35. The molecule has 2 heterocycles. The standard InChI is InChI=1S/C18H26N2O3S2/c1-13-5-6-14(2)17(10-13)19-18(24)20(11-16-4-3-8-23-16)15-7-9-25(21,22)12-15/h5-6,10,15-16H,3-4,7-9,11-12H2,1-2H3,(H,19,24)/t15-,16-/m1/s1. The van der Waals surface area contributed by atoms with Gasteiger partial charge in [-0.25, -0.2) is 8.42 Å². The first-order valence-electron chi connectivity index (χ1n) is 8.81. The number of benzene rings is 1. The second-order valence-electron chi connectivity index (χ2n) is 7.09. The van der Waals surface area contributed by atoms with E-state index in [9.17, 15) is 8.42 Å². The SMILES string of the molecule is Cc1ccc(C)c(NC(=S)N(C[C@H]2CCCO2)[C@@H]2CCS(=O)(=O)C2)c1. The molecule has 2 fully saturated rings. The zero-order chi connectivity index (χ0) is 18.0. The van der Waals surface area contributed by atoms with Gasteiger partial charge in [0.25, 0.3) is 0 Å². The van der Waals surface area contributed by atoms with Gasteiger partial charge >= 0.3 is 0 Å². The van der Waals surface area contributed by atoms with Crippen LogP contribution in [0.25, 0.3) is 0 Å². The molecule has 0 radical (unpaired) electrons. The Balaban J connectivity index is 1.77. The Labute approximate surface area is 155 Å². The van der Waals surface area contributed by atoms with Crippen LogP contribution in [0.15, 0.2) is 18.2 Å². The van der Waals surface area contributed by atoms with Gasteiger partial charge in [-0.3, -0.25) is 0 Å². The predicted molar refractivity (Wildman–Crippen MR) is 105 cm³/mol. The Morgan fingerprint density at radius 3 is 2.80 bits per heavy atom. The minimum Gasteiger partial charge on any atom is -0.376 e. The van der Waals surface area contributed by atoms with Crippen molar-refractivity contribution in [2.24, 2.45) is 0 Å². The molecule has 2 aliphatic rings. The molecule has 0 bridgehead atoms. The summed E-state index contributed by atoms with van der Waals surface area (Å²) in [7, 11) is -2.97. The fourth-order valence-corrected chi connectivity index (χ4v) is 5.55. The first-order valence-corrected chi connectivity index (χ1v) is 11.0. The second-order valence-corrected chi connectivity index (χ2v) is 9.71. The summed E-state index contributed by atoms with van der Waals surface area (Å²) in [6.45, 7) is 5.51. The molecule has 2 saturated heterocycles. The van der Waals surface area contributed by atoms with E-state index >= 15 is 0 Å². The average molecular weight is 383 g/mol. The molecule has 1 aromatic carbocycles. The quantitative estimate of drug-likeness (QED) is 0.808. The van der Waals surface area contributed by atoms with Crippen molar-refractivity contribution < 1.29 is 13.2 Å². The van der Waals surface area contributed by atoms with Crippen molar-refractivity contribution in [1.29, 1.82) is 0 Å². The van der Waals surface area contributed by atoms with Crippen LogP contribution in [-0.2, 0) is 14.6 Å². The van der Waals surface area contributed by atoms with Gasteiger partial charge < -0.3 is 15.0 Å². The highest BCUT2D eigenvalue weighted by molar-refractivity contribution is 7.91. The van der Waals surface area contributed by atoms with Crippen molar-refractivity contribution in [3.63, 3.8) is 0 Å². The molecule has 2 atom stereocenters. The number of rotatable bonds is 4. The van der Waals surface area contributed by atoms with Crippen LogP contribution in [0, 0.1) is 13.8 Å². The summed E-state index contributed by atoms with van der Waals surface area (Å²) in [5.74, 6) is 0.417. The third-order valence-electron chi connectivity index (χ3n) is 4.97. The highest BCUT2D eigenvalue weighted by Crippen LogP contribution is 2.24. The van der Waals surface area contributed by atoms with E-state index in [4.69, 9.17) is 17.0 Å². The van der Waals surface area contributed by atoms with Gasteiger partial charge in [-0.2, -0.15) is 0 Å². The Kier molecular flexibility index (Phi) is 5.65. The van der Waals surface area contributed by atoms with Crippen molar-refractivity contribution in [2.45, 2.75) is 45.3 Å². The predicted octanol–water partition coefficient (Wildman–Crippen LogP) is 2.67. The number of sulfone groups is 1. The topological polar surface area (TPSA) is 58.6 Å². The van der Waals surface area contributed by atoms with Crippen LogP contribution in [0.3, 0.4) is 0 Å². The average Bonchev–Trinajstić information content (AvgIpc) is 3.17. The molecule has 3 rings (SSSR count). The van der Waals surface area contributed by atoms with Crippen LogP contribution < -0.4 is 5.32 Å². The number of anilines is 1. The fraction of sp³-hybridized carbons (Fsp3) is 0.611. The molecule has 1 N–H and O–H groups in total. The van der Waals surface area contributed by atoms with Gasteiger partial charge in [0, 0.05) is 24.9 Å². The molecule has 5 nitrogen and oxygen atoms in total. The van der Waals surface area contributed by atoms with Gasteiger partial charge in [-0.15, -0.1) is 0 Å². The Morgan fingerprint density at radius 2 is 2.16 bits per heavy atom. The smallest absolute Gasteiger partial charge is 0.173 e. The number of thiocarbonyl (C=S) groups is 1. The maximum atomic E-state index is 11.9. The molecule has 0 amide bonds. The first kappa shape index (κ1) is 18.6. The lowest BCUT2D eigenvalue weighted by Gasteiger charge is -2.33. The van der Waals surface area contributed by atoms with E-state index in [2.05, 4.69) is 23.5 Å². The van der Waals surface area contributed by atoms with Crippen LogP contribution in [-0.4, -0.2) is 55.2 Å². The largest absolute Gasteiger partial charge is 0.376 e. The molecular formula is C18H26N2O3S2. The molecule has 0 spiro atoms. The van der Waals surface area contributed by atoms with E-state index in [1.54, 1.807) is 0 Å². The van der Waals surface area contributed by atoms with E-state index < -0.39 is 9.84 Å². The molecule has 7 heteroatoms. The third kappa shape index (κ3) is 4.71. The molecule has 138 valence electrons. The fourth-order valence-electron chi connectivity index (χ4n) is 3.48. The molecule has 25 heavy (non-hydrogen) atoms. The maximum Gasteiger partial charge on any atom is 0.173 e. The van der Waals surface area contributed by atoms with Gasteiger partial charge in [-0.05, 0) is 62.5 Å². The minimum absolute atomic E-state index is 0.0701. The summed E-state index contributed by atoms with van der Waals surface area (Å²) in [4.78, 5) is 2.04. The zero-order valence-corrected chi connectivity index (χ0v) is 16.5. The molecule has 0 aromatic heterocycles. The summed E-state index contributed by atoms with van der Waals surface area (Å²) in [5, 5.41) is 3.93. The third-order valence-corrected chi connectivity index (χ3v) is 7.06. The number of ether oxygens (including phenoxy) is 1. The first-order chi connectivity index (χ1) is 11.8. The molecule has 0 saturated carbocycles. The van der Waals surface area contributed by atoms with E-state index in [0.29, 0.717) is 18.1 Å². The minimum atomic E-state index is -2.97. The molecule has 2 aliphatic heterocycles. The lowest BCUT2D eigenvalue weighted by molar-refractivity contribution is 0.0851. The van der Waals surface area contributed by atoms with Crippen molar-refractivity contribution in [2.75, 3.05) is 30.0 Å². The summed E-state index contributed by atoms with van der Waals surface area (Å²) in [6.07, 6.45) is 2.81. The van der Waals surface area contributed by atoms with Crippen LogP contribution in [0.2, 0.25) is 0 Å². The van der Waals surface area contributed by atoms with E-state index in [-0.39, 0.29) is 23.7 Å². The van der Waals surface area contributed by atoms with Crippen molar-refractivity contribution in [1.82, 2.24) is 4.90 Å². The normalized spacial score (nSPS) is 25.0. The van der Waals surface area contributed by atoms with E-state index in [1.807, 2.05) is 18.7 Å². The van der Waals surface area contributed by atoms with Crippen LogP contribution >= 0.6 is 12.2 Å². The lowest BCUT2D eigenvalue weighted by Crippen LogP contribution is -2.47. The number of nitrogens with one attached hydrogen (secondary N) is 1. The molecular weight excluding hydrogens is 356 g/mol. The van der Waals surface area contributed by atoms with Gasteiger partial charge in [0.15, 0.2) is 14.9 Å². The maximum absolute atomic E-state index is 11.9. The Hall–Kier alpha value is -1.18. The van der Waals surface area contributed by atoms with Crippen molar-refractivity contribution in [3.05, 3.63) is 29.3 Å². The van der Waals surface area contributed by atoms with Crippen LogP contribution in [0.5, 0.6) is 0 Å². The number of hydrogen-bond donors (Lipinski definition) is 1. The van der Waals surface area contributed by atoms with Crippen molar-refractivity contribution >= 4 is 32.9 Å². The van der Waals surface area contributed by atoms with Gasteiger partial charge in [-0.1, -0.05) is 12.1 Å². The van der Waals surface area contributed by atoms with Crippen LogP contribution in [0.4, 0.5) is 5.69 Å². The van der Waals surface area contributed by atoms with Gasteiger partial charge in [0.1, 0.15) is 0 Å². The lowest BCUT2D eigenvalue weighted by atomic mass is 10.1. The summed E-state index contributed by atoms with van der Waals surface area (Å²) in [6, 6.07) is 6.12. The molecule has 0 unspecified atom stereocenters. The Morgan fingerprint density at radius 1 is 1.36 bits per heavy atom. The molecule has 1 aromatic rings. The highest BCUT2D eigenvalue weighted by atomic mass is 32.2. The van der Waals surface area contributed by atoms with Crippen molar-refractivity contribution in [3.8, 4) is 0 Å². The van der Waals surface area contributed by atoms with E-state index in [0.717, 1.165) is 36.3 Å².